The molecule has 0 heterocycles. The molecule has 0 fully saturated rings. The van der Waals surface area contributed by atoms with Gasteiger partial charge in [-0.05, 0) is 25.3 Å². The Morgan fingerprint density at radius 3 is 2.68 bits per heavy atom. The third kappa shape index (κ3) is 6.77. The minimum atomic E-state index is -0.153. The van der Waals surface area contributed by atoms with Crippen LogP contribution in [0.2, 0.25) is 0 Å². The van der Waals surface area contributed by atoms with Crippen LogP contribution in [-0.4, -0.2) is 37.1 Å². The summed E-state index contributed by atoms with van der Waals surface area (Å²) in [5, 5.41) is 0. The number of ether oxygens (including phenoxy) is 1. The Labute approximate surface area is 115 Å². The van der Waals surface area contributed by atoms with Crippen LogP contribution in [0.5, 0.6) is 0 Å². The summed E-state index contributed by atoms with van der Waals surface area (Å²) < 4.78 is 5.00. The van der Waals surface area contributed by atoms with E-state index >= 15 is 0 Å². The Bertz CT molecular complexity index is 376. The number of hydrogen-bond donors (Lipinski definition) is 0. The lowest BCUT2D eigenvalue weighted by atomic mass is 10.1. The monoisotopic (exact) mass is 261 g/mol. The van der Waals surface area contributed by atoms with Crippen molar-refractivity contribution in [1.29, 1.82) is 0 Å². The molecule has 0 N–H and O–H groups in total. The smallest absolute Gasteiger partial charge is 0.320 e. The molecule has 0 saturated carbocycles. The summed E-state index contributed by atoms with van der Waals surface area (Å²) >= 11 is 0. The third-order valence-electron chi connectivity index (χ3n) is 2.87. The van der Waals surface area contributed by atoms with Gasteiger partial charge >= 0.3 is 5.97 Å². The highest BCUT2D eigenvalue weighted by Gasteiger charge is 2.10. The highest BCUT2D eigenvalue weighted by Crippen LogP contribution is 2.02. The summed E-state index contributed by atoms with van der Waals surface area (Å²) in [6, 6.07) is 10.3. The predicted molar refractivity (Wildman–Crippen MR) is 78.0 cm³/mol. The van der Waals surface area contributed by atoms with Crippen LogP contribution in [0.15, 0.2) is 43.0 Å². The first-order valence-electron chi connectivity index (χ1n) is 6.79. The lowest BCUT2D eigenvalue weighted by Gasteiger charge is -2.20. The SMILES string of the molecule is C=CCCN(CCc1ccccc1)CC(=O)OCC. The summed E-state index contributed by atoms with van der Waals surface area (Å²) in [6.07, 6.45) is 3.70. The molecule has 3 heteroatoms. The molecule has 0 radical (unpaired) electrons. The first-order chi connectivity index (χ1) is 9.26. The van der Waals surface area contributed by atoms with E-state index in [1.807, 2.05) is 31.2 Å². The summed E-state index contributed by atoms with van der Waals surface area (Å²) in [5.41, 5.74) is 1.29. The maximum atomic E-state index is 11.5. The largest absolute Gasteiger partial charge is 0.465 e. The summed E-state index contributed by atoms with van der Waals surface area (Å²) in [6.45, 7) is 8.05. The van der Waals surface area contributed by atoms with Crippen LogP contribution in [0.3, 0.4) is 0 Å². The molecule has 3 nitrogen and oxygen atoms in total. The number of nitrogens with zero attached hydrogens (tertiary/aromatic N) is 1. The van der Waals surface area contributed by atoms with Crippen molar-refractivity contribution in [2.45, 2.75) is 19.8 Å². The number of rotatable bonds is 9. The highest BCUT2D eigenvalue weighted by atomic mass is 16.5. The van der Waals surface area contributed by atoms with Crippen LogP contribution < -0.4 is 0 Å². The fraction of sp³-hybridized carbons (Fsp3) is 0.438. The Hall–Kier alpha value is -1.61. The predicted octanol–water partition coefficient (Wildman–Crippen LogP) is 2.67. The van der Waals surface area contributed by atoms with Gasteiger partial charge in [0.2, 0.25) is 0 Å². The molecule has 1 aromatic rings. The normalized spacial score (nSPS) is 10.4. The molecule has 0 aliphatic heterocycles. The Kier molecular flexibility index (Phi) is 7.59. The van der Waals surface area contributed by atoms with Gasteiger partial charge in [-0.25, -0.2) is 0 Å². The lowest BCUT2D eigenvalue weighted by Crippen LogP contribution is -2.33. The summed E-state index contributed by atoms with van der Waals surface area (Å²) in [7, 11) is 0. The molecule has 0 saturated heterocycles. The molecule has 1 rings (SSSR count). The average molecular weight is 261 g/mol. The fourth-order valence-corrected chi connectivity index (χ4v) is 1.86. The van der Waals surface area contributed by atoms with Gasteiger partial charge in [0.25, 0.3) is 0 Å². The second-order valence-corrected chi connectivity index (χ2v) is 4.39. The Balaban J connectivity index is 2.44. The van der Waals surface area contributed by atoms with E-state index in [0.717, 1.165) is 25.9 Å². The highest BCUT2D eigenvalue weighted by molar-refractivity contribution is 5.71. The number of esters is 1. The van der Waals surface area contributed by atoms with Gasteiger partial charge in [-0.1, -0.05) is 36.4 Å². The van der Waals surface area contributed by atoms with E-state index in [2.05, 4.69) is 23.6 Å². The van der Waals surface area contributed by atoms with Crippen molar-refractivity contribution in [2.24, 2.45) is 0 Å². The summed E-state index contributed by atoms with van der Waals surface area (Å²) in [4.78, 5) is 13.7. The second-order valence-electron chi connectivity index (χ2n) is 4.39. The van der Waals surface area contributed by atoms with Crippen LogP contribution in [-0.2, 0) is 16.0 Å². The van der Waals surface area contributed by atoms with E-state index in [4.69, 9.17) is 4.74 Å². The maximum Gasteiger partial charge on any atom is 0.320 e. The fourth-order valence-electron chi connectivity index (χ4n) is 1.86. The molecule has 0 atom stereocenters. The quantitative estimate of drug-likeness (QED) is 0.505. The van der Waals surface area contributed by atoms with E-state index in [-0.39, 0.29) is 5.97 Å². The van der Waals surface area contributed by atoms with Gasteiger partial charge in [0.15, 0.2) is 0 Å². The van der Waals surface area contributed by atoms with E-state index in [1.165, 1.54) is 5.56 Å². The molecule has 0 unspecified atom stereocenters. The van der Waals surface area contributed by atoms with Crippen molar-refractivity contribution in [3.8, 4) is 0 Å². The molecule has 0 bridgehead atoms. The minimum absolute atomic E-state index is 0.153. The van der Waals surface area contributed by atoms with Crippen molar-refractivity contribution < 1.29 is 9.53 Å². The van der Waals surface area contributed by atoms with E-state index in [9.17, 15) is 4.79 Å². The molecule has 0 aromatic heterocycles. The van der Waals surface area contributed by atoms with Crippen LogP contribution in [0.25, 0.3) is 0 Å². The number of carbonyl (C=O) groups is 1. The Morgan fingerprint density at radius 1 is 1.32 bits per heavy atom. The molecule has 0 spiro atoms. The van der Waals surface area contributed by atoms with Crippen LogP contribution in [0, 0.1) is 0 Å². The number of benzene rings is 1. The zero-order valence-corrected chi connectivity index (χ0v) is 11.7. The number of hydrogen-bond acceptors (Lipinski definition) is 3. The van der Waals surface area contributed by atoms with Crippen molar-refractivity contribution in [3.63, 3.8) is 0 Å². The molecular weight excluding hydrogens is 238 g/mol. The number of carbonyl (C=O) groups excluding carboxylic acids is 1. The van der Waals surface area contributed by atoms with Crippen LogP contribution in [0.1, 0.15) is 18.9 Å². The first-order valence-corrected chi connectivity index (χ1v) is 6.79. The lowest BCUT2D eigenvalue weighted by molar-refractivity contribution is -0.144. The van der Waals surface area contributed by atoms with Crippen molar-refractivity contribution in [1.82, 2.24) is 4.90 Å². The van der Waals surface area contributed by atoms with Crippen molar-refractivity contribution in [3.05, 3.63) is 48.6 Å². The molecule has 19 heavy (non-hydrogen) atoms. The first kappa shape index (κ1) is 15.4. The topological polar surface area (TPSA) is 29.5 Å². The molecule has 104 valence electrons. The average Bonchev–Trinajstić information content (AvgIpc) is 2.43. The standard InChI is InChI=1S/C16H23NO2/c1-3-5-12-17(14-16(18)19-4-2)13-11-15-9-7-6-8-10-15/h3,6-10H,1,4-5,11-14H2,2H3. The molecule has 0 aliphatic carbocycles. The van der Waals surface area contributed by atoms with Gasteiger partial charge in [0.05, 0.1) is 13.2 Å². The maximum absolute atomic E-state index is 11.5. The van der Waals surface area contributed by atoms with E-state index in [1.54, 1.807) is 0 Å². The van der Waals surface area contributed by atoms with Gasteiger partial charge in [-0.2, -0.15) is 0 Å². The van der Waals surface area contributed by atoms with Gasteiger partial charge in [-0.15, -0.1) is 6.58 Å². The second kappa shape index (κ2) is 9.34. The molecular formula is C16H23NO2. The van der Waals surface area contributed by atoms with Gasteiger partial charge in [-0.3, -0.25) is 9.69 Å². The van der Waals surface area contributed by atoms with Gasteiger partial charge in [0, 0.05) is 13.1 Å². The van der Waals surface area contributed by atoms with E-state index in [0.29, 0.717) is 13.2 Å². The zero-order valence-electron chi connectivity index (χ0n) is 11.7. The third-order valence-corrected chi connectivity index (χ3v) is 2.87. The Morgan fingerprint density at radius 2 is 2.05 bits per heavy atom. The van der Waals surface area contributed by atoms with Gasteiger partial charge < -0.3 is 4.74 Å². The summed E-state index contributed by atoms with van der Waals surface area (Å²) in [5.74, 6) is -0.153. The van der Waals surface area contributed by atoms with E-state index < -0.39 is 0 Å². The minimum Gasteiger partial charge on any atom is -0.465 e. The van der Waals surface area contributed by atoms with Gasteiger partial charge in [0.1, 0.15) is 0 Å². The zero-order chi connectivity index (χ0) is 13.9. The van der Waals surface area contributed by atoms with Crippen molar-refractivity contribution in [2.75, 3.05) is 26.2 Å². The molecule has 1 aromatic carbocycles. The van der Waals surface area contributed by atoms with Crippen LogP contribution >= 0.6 is 0 Å². The molecule has 0 aliphatic rings. The van der Waals surface area contributed by atoms with Crippen LogP contribution in [0.4, 0.5) is 0 Å². The molecule has 0 amide bonds. The van der Waals surface area contributed by atoms with Crippen molar-refractivity contribution >= 4 is 5.97 Å².